The molecule has 1 amide bonds. The maximum Gasteiger partial charge on any atom is 0.248 e. The molecule has 0 fully saturated rings. The summed E-state index contributed by atoms with van der Waals surface area (Å²) in [4.78, 5) is 23.5. The third-order valence-corrected chi connectivity index (χ3v) is 6.24. The second-order valence-electron chi connectivity index (χ2n) is 8.93. The number of benzene rings is 2. The fraction of sp³-hybridized carbons (Fsp3) is 0.321. The molecular weight excluding hydrogens is 500 g/mol. The number of anilines is 5. The van der Waals surface area contributed by atoms with Crippen molar-refractivity contribution in [2.24, 2.45) is 0 Å². The van der Waals surface area contributed by atoms with Gasteiger partial charge in [0.05, 0.1) is 28.5 Å². The summed E-state index contributed by atoms with van der Waals surface area (Å²) in [5, 5.41) is 9.24. The van der Waals surface area contributed by atoms with Gasteiger partial charge in [-0.15, -0.1) is 0 Å². The van der Waals surface area contributed by atoms with Crippen molar-refractivity contribution in [3.63, 3.8) is 0 Å². The van der Waals surface area contributed by atoms with E-state index in [0.717, 1.165) is 30.7 Å². The van der Waals surface area contributed by atoms with E-state index in [4.69, 9.17) is 4.74 Å². The van der Waals surface area contributed by atoms with Crippen LogP contribution in [0.1, 0.15) is 26.2 Å². The van der Waals surface area contributed by atoms with Crippen LogP contribution < -0.4 is 20.7 Å². The van der Waals surface area contributed by atoms with E-state index in [-0.39, 0.29) is 5.91 Å². The van der Waals surface area contributed by atoms with Crippen LogP contribution in [0.15, 0.2) is 71.8 Å². The van der Waals surface area contributed by atoms with Crippen molar-refractivity contribution in [1.29, 1.82) is 0 Å². The number of hydrogen-bond donors (Lipinski definition) is 3. The summed E-state index contributed by atoms with van der Waals surface area (Å²) in [6, 6.07) is 14.8. The normalized spacial score (nSPS) is 11.9. The lowest BCUT2D eigenvalue weighted by Gasteiger charge is -2.13. The summed E-state index contributed by atoms with van der Waals surface area (Å²) in [5.74, 6) is 1.36. The first-order valence-electron chi connectivity index (χ1n) is 12.5. The summed E-state index contributed by atoms with van der Waals surface area (Å²) in [7, 11) is 2.56. The van der Waals surface area contributed by atoms with Crippen LogP contribution in [0.5, 0.6) is 5.75 Å². The van der Waals surface area contributed by atoms with Crippen LogP contribution in [0.4, 0.5) is 28.8 Å². The molecule has 202 valence electrons. The maximum absolute atomic E-state index is 12.3. The van der Waals surface area contributed by atoms with Crippen LogP contribution in [-0.4, -0.2) is 58.5 Å². The Kier molecular flexibility index (Phi) is 11.3. The average molecular weight is 537 g/mol. The van der Waals surface area contributed by atoms with Crippen molar-refractivity contribution in [2.75, 3.05) is 49.5 Å². The molecule has 1 unspecified atom stereocenters. The molecule has 10 heteroatoms. The predicted octanol–water partition coefficient (Wildman–Crippen LogP) is 5.33. The van der Waals surface area contributed by atoms with E-state index in [9.17, 15) is 9.00 Å². The number of ether oxygens (including phenoxy) is 1. The quantitative estimate of drug-likeness (QED) is 0.188. The van der Waals surface area contributed by atoms with Crippen molar-refractivity contribution in [3.05, 3.63) is 66.9 Å². The third-order valence-electron chi connectivity index (χ3n) is 5.32. The topological polar surface area (TPSA) is 108 Å². The number of aromatic nitrogens is 2. The third kappa shape index (κ3) is 9.60. The standard InChI is InChI=1S/C28H36N6O3S/c1-5-6-7-18-37-24-15-13-21(14-16-24)32-28-29-20-25(38(4)36)27(33-28)31-23-11-8-10-22(19-23)30-26(35)12-9-17-34(2)3/h8-16,19-20H,5-7,17-18H2,1-4H3,(H,30,35)(H2,29,31,32,33)/b12-9+. The fourth-order valence-electron chi connectivity index (χ4n) is 3.40. The van der Waals surface area contributed by atoms with Crippen molar-refractivity contribution in [1.82, 2.24) is 14.9 Å². The Morgan fingerprint density at radius 1 is 1.05 bits per heavy atom. The van der Waals surface area contributed by atoms with E-state index in [1.807, 2.05) is 55.4 Å². The van der Waals surface area contributed by atoms with Gasteiger partial charge in [-0.25, -0.2) is 4.98 Å². The molecule has 3 rings (SSSR count). The van der Waals surface area contributed by atoms with E-state index in [1.165, 1.54) is 6.08 Å². The van der Waals surface area contributed by atoms with Gasteiger partial charge in [-0.05, 0) is 63.0 Å². The molecule has 0 saturated carbocycles. The molecule has 3 N–H and O–H groups in total. The highest BCUT2D eigenvalue weighted by Gasteiger charge is 2.12. The lowest BCUT2D eigenvalue weighted by molar-refractivity contribution is -0.111. The van der Waals surface area contributed by atoms with Crippen LogP contribution in [0.3, 0.4) is 0 Å². The second-order valence-corrected chi connectivity index (χ2v) is 10.3. The highest BCUT2D eigenvalue weighted by atomic mass is 32.2. The largest absolute Gasteiger partial charge is 0.494 e. The number of hydrogen-bond acceptors (Lipinski definition) is 8. The van der Waals surface area contributed by atoms with Crippen molar-refractivity contribution in [3.8, 4) is 5.75 Å². The molecule has 1 heterocycles. The zero-order valence-corrected chi connectivity index (χ0v) is 23.2. The molecule has 0 aliphatic carbocycles. The van der Waals surface area contributed by atoms with Crippen LogP contribution in [0, 0.1) is 0 Å². The van der Waals surface area contributed by atoms with Gasteiger partial charge in [0.15, 0.2) is 5.82 Å². The Hall–Kier alpha value is -3.76. The van der Waals surface area contributed by atoms with Crippen LogP contribution in [-0.2, 0) is 15.6 Å². The predicted molar refractivity (Wildman–Crippen MR) is 155 cm³/mol. The molecule has 1 aromatic heterocycles. The summed E-state index contributed by atoms with van der Waals surface area (Å²) in [6.45, 7) is 3.54. The number of carbonyl (C=O) groups is 1. The zero-order chi connectivity index (χ0) is 27.3. The molecular formula is C28H36N6O3S. The first-order chi connectivity index (χ1) is 18.3. The number of likely N-dealkylation sites (N-methyl/N-ethyl adjacent to an activating group) is 1. The second kappa shape index (κ2) is 14.8. The van der Waals surface area contributed by atoms with Gasteiger partial charge in [-0.3, -0.25) is 9.00 Å². The average Bonchev–Trinajstić information content (AvgIpc) is 2.87. The molecule has 2 aromatic carbocycles. The molecule has 0 radical (unpaired) electrons. The minimum atomic E-state index is -1.31. The van der Waals surface area contributed by atoms with E-state index in [1.54, 1.807) is 30.7 Å². The van der Waals surface area contributed by atoms with Crippen LogP contribution >= 0.6 is 0 Å². The molecule has 0 bridgehead atoms. The summed E-state index contributed by atoms with van der Waals surface area (Å²) in [5.41, 5.74) is 2.10. The monoisotopic (exact) mass is 536 g/mol. The summed E-state index contributed by atoms with van der Waals surface area (Å²) >= 11 is 0. The number of nitrogens with zero attached hydrogens (tertiary/aromatic N) is 3. The minimum absolute atomic E-state index is 0.217. The first kappa shape index (κ1) is 28.8. The first-order valence-corrected chi connectivity index (χ1v) is 14.1. The van der Waals surface area contributed by atoms with Gasteiger partial charge in [0.1, 0.15) is 5.75 Å². The molecule has 0 aliphatic rings. The Morgan fingerprint density at radius 3 is 2.53 bits per heavy atom. The lowest BCUT2D eigenvalue weighted by atomic mass is 10.2. The van der Waals surface area contributed by atoms with E-state index >= 15 is 0 Å². The SMILES string of the molecule is CCCCCOc1ccc(Nc2ncc(S(C)=O)c(Nc3cccc(NC(=O)/C=C/CN(C)C)c3)n2)cc1. The molecule has 9 nitrogen and oxygen atoms in total. The van der Waals surface area contributed by atoms with Gasteiger partial charge in [0.2, 0.25) is 11.9 Å². The van der Waals surface area contributed by atoms with Gasteiger partial charge in [0.25, 0.3) is 0 Å². The van der Waals surface area contributed by atoms with Gasteiger partial charge < -0.3 is 25.6 Å². The van der Waals surface area contributed by atoms with Crippen LogP contribution in [0.25, 0.3) is 0 Å². The molecule has 38 heavy (non-hydrogen) atoms. The summed E-state index contributed by atoms with van der Waals surface area (Å²) < 4.78 is 18.1. The van der Waals surface area contributed by atoms with Gasteiger partial charge in [-0.2, -0.15) is 4.98 Å². The van der Waals surface area contributed by atoms with Crippen LogP contribution in [0.2, 0.25) is 0 Å². The van der Waals surface area contributed by atoms with Crippen molar-refractivity contribution >= 4 is 45.5 Å². The Morgan fingerprint density at radius 2 is 1.82 bits per heavy atom. The number of carbonyl (C=O) groups excluding carboxylic acids is 1. The van der Waals surface area contributed by atoms with Crippen molar-refractivity contribution < 1.29 is 13.7 Å². The molecule has 0 aliphatic heterocycles. The Labute approximate surface area is 227 Å². The number of unbranched alkanes of at least 4 members (excludes halogenated alkanes) is 2. The molecule has 1 atom stereocenters. The van der Waals surface area contributed by atoms with Gasteiger partial charge in [-0.1, -0.05) is 31.9 Å². The minimum Gasteiger partial charge on any atom is -0.494 e. The molecule has 0 spiro atoms. The highest BCUT2D eigenvalue weighted by Crippen LogP contribution is 2.26. The molecule has 3 aromatic rings. The van der Waals surface area contributed by atoms with Gasteiger partial charge in [0, 0.05) is 35.9 Å². The number of nitrogens with one attached hydrogen (secondary N) is 3. The smallest absolute Gasteiger partial charge is 0.248 e. The van der Waals surface area contributed by atoms with E-state index < -0.39 is 10.8 Å². The number of amides is 1. The van der Waals surface area contributed by atoms with Gasteiger partial charge >= 0.3 is 0 Å². The van der Waals surface area contributed by atoms with Crippen molar-refractivity contribution in [2.45, 2.75) is 31.1 Å². The van der Waals surface area contributed by atoms with E-state index in [0.29, 0.717) is 41.2 Å². The lowest BCUT2D eigenvalue weighted by Crippen LogP contribution is -2.13. The summed E-state index contributed by atoms with van der Waals surface area (Å²) in [6.07, 6.45) is 9.76. The zero-order valence-electron chi connectivity index (χ0n) is 22.4. The number of rotatable bonds is 14. The molecule has 0 saturated heterocycles. The highest BCUT2D eigenvalue weighted by molar-refractivity contribution is 7.84. The Bertz CT molecular complexity index is 1250. The fourth-order valence-corrected chi connectivity index (χ4v) is 3.97. The maximum atomic E-state index is 12.3. The Balaban J connectivity index is 1.69. The van der Waals surface area contributed by atoms with E-state index in [2.05, 4.69) is 32.8 Å².